The zero-order valence-electron chi connectivity index (χ0n) is 12.0. The Morgan fingerprint density at radius 1 is 1.05 bits per heavy atom. The fourth-order valence-electron chi connectivity index (χ4n) is 1.97. The predicted molar refractivity (Wildman–Crippen MR) is 77.5 cm³/mol. The van der Waals surface area contributed by atoms with Crippen LogP contribution in [0.3, 0.4) is 0 Å². The molecule has 2 nitrogen and oxygen atoms in total. The molecule has 1 unspecified atom stereocenters. The van der Waals surface area contributed by atoms with Gasteiger partial charge < -0.3 is 9.84 Å². The zero-order valence-corrected chi connectivity index (χ0v) is 12.0. The lowest BCUT2D eigenvalue weighted by Crippen LogP contribution is -2.11. The van der Waals surface area contributed by atoms with Gasteiger partial charge in [0, 0.05) is 0 Å². The zero-order chi connectivity index (χ0) is 14.7. The Morgan fingerprint density at radius 2 is 1.80 bits per heavy atom. The standard InChI is InChI=1S/C17H19FO2/c1-11-7-8-14(9-13(11)3)15(19)10-20-16-6-4-5-12(2)17(16)18/h4-9,15,19H,10H2,1-3H3. The molecule has 0 amide bonds. The molecular weight excluding hydrogens is 255 g/mol. The van der Waals surface area contributed by atoms with Crippen molar-refractivity contribution < 1.29 is 14.2 Å². The van der Waals surface area contributed by atoms with Gasteiger partial charge in [0.05, 0.1) is 0 Å². The fourth-order valence-corrected chi connectivity index (χ4v) is 1.97. The average molecular weight is 274 g/mol. The maximum Gasteiger partial charge on any atom is 0.167 e. The summed E-state index contributed by atoms with van der Waals surface area (Å²) in [6.45, 7) is 5.72. The number of hydrogen-bond acceptors (Lipinski definition) is 2. The van der Waals surface area contributed by atoms with E-state index in [1.165, 1.54) is 5.56 Å². The first kappa shape index (κ1) is 14.5. The normalized spacial score (nSPS) is 12.2. The van der Waals surface area contributed by atoms with Crippen molar-refractivity contribution in [3.8, 4) is 5.75 Å². The quantitative estimate of drug-likeness (QED) is 0.917. The molecule has 1 atom stereocenters. The van der Waals surface area contributed by atoms with E-state index in [0.29, 0.717) is 5.56 Å². The molecule has 0 aromatic heterocycles. The van der Waals surface area contributed by atoms with Crippen molar-refractivity contribution in [3.05, 3.63) is 64.5 Å². The smallest absolute Gasteiger partial charge is 0.167 e. The van der Waals surface area contributed by atoms with Crippen molar-refractivity contribution in [1.29, 1.82) is 0 Å². The van der Waals surface area contributed by atoms with Gasteiger partial charge in [-0.2, -0.15) is 0 Å². The van der Waals surface area contributed by atoms with Crippen molar-refractivity contribution in [2.45, 2.75) is 26.9 Å². The number of aliphatic hydroxyl groups is 1. The van der Waals surface area contributed by atoms with Crippen LogP contribution in [-0.2, 0) is 0 Å². The minimum atomic E-state index is -0.769. The summed E-state index contributed by atoms with van der Waals surface area (Å²) in [5.41, 5.74) is 3.60. The molecule has 2 aromatic rings. The number of aryl methyl sites for hydroxylation is 3. The molecule has 2 rings (SSSR count). The Hall–Kier alpha value is -1.87. The fraction of sp³-hybridized carbons (Fsp3) is 0.294. The van der Waals surface area contributed by atoms with E-state index in [2.05, 4.69) is 0 Å². The Balaban J connectivity index is 2.06. The van der Waals surface area contributed by atoms with Crippen LogP contribution in [0.5, 0.6) is 5.75 Å². The third-order valence-electron chi connectivity index (χ3n) is 3.47. The average Bonchev–Trinajstić information content (AvgIpc) is 2.43. The number of hydrogen-bond donors (Lipinski definition) is 1. The van der Waals surface area contributed by atoms with Crippen molar-refractivity contribution >= 4 is 0 Å². The Morgan fingerprint density at radius 3 is 2.50 bits per heavy atom. The molecule has 0 aliphatic rings. The van der Waals surface area contributed by atoms with Gasteiger partial charge in [0.1, 0.15) is 12.7 Å². The van der Waals surface area contributed by atoms with E-state index >= 15 is 0 Å². The summed E-state index contributed by atoms with van der Waals surface area (Å²) in [5, 5.41) is 10.1. The summed E-state index contributed by atoms with van der Waals surface area (Å²) in [7, 11) is 0. The number of rotatable bonds is 4. The summed E-state index contributed by atoms with van der Waals surface area (Å²) in [6.07, 6.45) is -0.769. The SMILES string of the molecule is Cc1ccc(C(O)COc2cccc(C)c2F)cc1C. The molecule has 0 bridgehead atoms. The molecule has 0 fully saturated rings. The van der Waals surface area contributed by atoms with Crippen LogP contribution in [0, 0.1) is 26.6 Å². The van der Waals surface area contributed by atoms with Crippen LogP contribution in [-0.4, -0.2) is 11.7 Å². The third-order valence-corrected chi connectivity index (χ3v) is 3.47. The summed E-state index contributed by atoms with van der Waals surface area (Å²) < 4.78 is 19.1. The maximum atomic E-state index is 13.8. The van der Waals surface area contributed by atoms with E-state index in [0.717, 1.165) is 11.1 Å². The largest absolute Gasteiger partial charge is 0.487 e. The molecule has 3 heteroatoms. The lowest BCUT2D eigenvalue weighted by atomic mass is 10.0. The highest BCUT2D eigenvalue weighted by atomic mass is 19.1. The third kappa shape index (κ3) is 3.17. The Bertz CT molecular complexity index is 608. The summed E-state index contributed by atoms with van der Waals surface area (Å²) in [6, 6.07) is 10.7. The van der Waals surface area contributed by atoms with Crippen LogP contribution >= 0.6 is 0 Å². The first-order valence-corrected chi connectivity index (χ1v) is 6.62. The van der Waals surface area contributed by atoms with Crippen LogP contribution < -0.4 is 4.74 Å². The molecule has 0 radical (unpaired) electrons. The molecule has 0 saturated heterocycles. The van der Waals surface area contributed by atoms with Crippen LogP contribution in [0.1, 0.15) is 28.4 Å². The van der Waals surface area contributed by atoms with Crippen molar-refractivity contribution in [2.24, 2.45) is 0 Å². The number of benzene rings is 2. The second kappa shape index (κ2) is 6.06. The molecule has 0 spiro atoms. The summed E-state index contributed by atoms with van der Waals surface area (Å²) in [5.74, 6) is -0.201. The second-order valence-electron chi connectivity index (χ2n) is 5.06. The van der Waals surface area contributed by atoms with Gasteiger partial charge in [-0.3, -0.25) is 0 Å². The van der Waals surface area contributed by atoms with Crippen molar-refractivity contribution in [1.82, 2.24) is 0 Å². The van der Waals surface area contributed by atoms with Gasteiger partial charge in [0.25, 0.3) is 0 Å². The molecular formula is C17H19FO2. The molecule has 2 aromatic carbocycles. The van der Waals surface area contributed by atoms with Gasteiger partial charge in [0.15, 0.2) is 11.6 Å². The predicted octanol–water partition coefficient (Wildman–Crippen LogP) is 3.86. The van der Waals surface area contributed by atoms with Crippen LogP contribution in [0.15, 0.2) is 36.4 Å². The lowest BCUT2D eigenvalue weighted by molar-refractivity contribution is 0.105. The number of halogens is 1. The molecule has 0 aliphatic heterocycles. The van der Waals surface area contributed by atoms with Gasteiger partial charge in [-0.15, -0.1) is 0 Å². The highest BCUT2D eigenvalue weighted by molar-refractivity contribution is 5.32. The van der Waals surface area contributed by atoms with E-state index in [9.17, 15) is 9.50 Å². The van der Waals surface area contributed by atoms with Gasteiger partial charge in [-0.25, -0.2) is 4.39 Å². The van der Waals surface area contributed by atoms with Crippen LogP contribution in [0.25, 0.3) is 0 Å². The number of ether oxygens (including phenoxy) is 1. The van der Waals surface area contributed by atoms with Crippen LogP contribution in [0.4, 0.5) is 4.39 Å². The van der Waals surface area contributed by atoms with Crippen molar-refractivity contribution in [3.63, 3.8) is 0 Å². The molecule has 0 aliphatic carbocycles. The Kier molecular flexibility index (Phi) is 4.40. The van der Waals surface area contributed by atoms with Gasteiger partial charge in [-0.05, 0) is 49.1 Å². The first-order chi connectivity index (χ1) is 9.49. The first-order valence-electron chi connectivity index (χ1n) is 6.62. The highest BCUT2D eigenvalue weighted by Crippen LogP contribution is 2.22. The Labute approximate surface area is 118 Å². The van der Waals surface area contributed by atoms with E-state index in [4.69, 9.17) is 4.74 Å². The number of aliphatic hydroxyl groups excluding tert-OH is 1. The van der Waals surface area contributed by atoms with Gasteiger partial charge >= 0.3 is 0 Å². The lowest BCUT2D eigenvalue weighted by Gasteiger charge is -2.15. The molecule has 0 heterocycles. The van der Waals surface area contributed by atoms with Gasteiger partial charge in [-0.1, -0.05) is 30.3 Å². The monoisotopic (exact) mass is 274 g/mol. The highest BCUT2D eigenvalue weighted by Gasteiger charge is 2.12. The van der Waals surface area contributed by atoms with Crippen LogP contribution in [0.2, 0.25) is 0 Å². The van der Waals surface area contributed by atoms with E-state index < -0.39 is 6.10 Å². The molecule has 0 saturated carbocycles. The van der Waals surface area contributed by atoms with E-state index in [1.54, 1.807) is 25.1 Å². The summed E-state index contributed by atoms with van der Waals surface area (Å²) in [4.78, 5) is 0. The van der Waals surface area contributed by atoms with E-state index in [-0.39, 0.29) is 18.2 Å². The minimum absolute atomic E-state index is 0.0306. The molecule has 1 N–H and O–H groups in total. The molecule has 106 valence electrons. The van der Waals surface area contributed by atoms with Gasteiger partial charge in [0.2, 0.25) is 0 Å². The molecule has 20 heavy (non-hydrogen) atoms. The summed E-state index contributed by atoms with van der Waals surface area (Å²) >= 11 is 0. The van der Waals surface area contributed by atoms with E-state index in [1.807, 2.05) is 32.0 Å². The topological polar surface area (TPSA) is 29.5 Å². The second-order valence-corrected chi connectivity index (χ2v) is 5.06. The van der Waals surface area contributed by atoms with Crippen molar-refractivity contribution in [2.75, 3.05) is 6.61 Å². The minimum Gasteiger partial charge on any atom is -0.487 e. The maximum absolute atomic E-state index is 13.8.